The van der Waals surface area contributed by atoms with E-state index in [1.165, 1.54) is 0 Å². The average molecular weight is 328 g/mol. The van der Waals surface area contributed by atoms with Crippen LogP contribution in [0.15, 0.2) is 73.3 Å². The number of benzene rings is 1. The number of nitrogens with zero attached hydrogens (tertiary/aromatic N) is 2. The molecule has 2 N–H and O–H groups in total. The van der Waals surface area contributed by atoms with Crippen molar-refractivity contribution in [1.29, 1.82) is 0 Å². The van der Waals surface area contributed by atoms with E-state index < -0.39 is 0 Å². The van der Waals surface area contributed by atoms with Crippen molar-refractivity contribution < 1.29 is 4.79 Å². The van der Waals surface area contributed by atoms with Crippen molar-refractivity contribution in [3.05, 3.63) is 84.4 Å². The maximum absolute atomic E-state index is 12.3. The number of pyridine rings is 2. The molecule has 122 valence electrons. The first kappa shape index (κ1) is 15.1. The third-order valence-corrected chi connectivity index (χ3v) is 4.05. The van der Waals surface area contributed by atoms with Gasteiger partial charge in [-0.2, -0.15) is 0 Å². The van der Waals surface area contributed by atoms with Crippen LogP contribution in [0.25, 0.3) is 22.2 Å². The van der Waals surface area contributed by atoms with Gasteiger partial charge in [0.25, 0.3) is 5.91 Å². The number of hydrogen-bond donors (Lipinski definition) is 2. The molecule has 3 aromatic heterocycles. The van der Waals surface area contributed by atoms with Crippen LogP contribution in [-0.2, 0) is 6.54 Å². The summed E-state index contributed by atoms with van der Waals surface area (Å²) in [6.45, 7) is 0.432. The molecule has 0 spiro atoms. The Balaban J connectivity index is 1.43. The second kappa shape index (κ2) is 6.57. The first-order valence-electron chi connectivity index (χ1n) is 8.00. The first-order chi connectivity index (χ1) is 12.3. The molecule has 0 radical (unpaired) electrons. The van der Waals surface area contributed by atoms with Gasteiger partial charge in [-0.3, -0.25) is 14.8 Å². The van der Waals surface area contributed by atoms with E-state index in [9.17, 15) is 4.79 Å². The van der Waals surface area contributed by atoms with Crippen LogP contribution >= 0.6 is 0 Å². The Morgan fingerprint density at radius 2 is 2.04 bits per heavy atom. The Labute approximate surface area is 144 Å². The lowest BCUT2D eigenvalue weighted by atomic mass is 10.1. The van der Waals surface area contributed by atoms with E-state index in [-0.39, 0.29) is 5.91 Å². The minimum atomic E-state index is -0.104. The molecule has 0 aliphatic heterocycles. The zero-order chi connectivity index (χ0) is 17.1. The number of nitrogens with one attached hydrogen (secondary N) is 2. The SMILES string of the molecule is O=C(NCc1ccc(-c2cccnc2)nc1)c1ccc2cc[nH]c2c1. The molecule has 3 heterocycles. The zero-order valence-corrected chi connectivity index (χ0v) is 13.4. The van der Waals surface area contributed by atoms with Crippen LogP contribution in [0.1, 0.15) is 15.9 Å². The van der Waals surface area contributed by atoms with Crippen LogP contribution in [-0.4, -0.2) is 20.9 Å². The second-order valence-corrected chi connectivity index (χ2v) is 5.76. The van der Waals surface area contributed by atoms with Crippen LogP contribution in [0.5, 0.6) is 0 Å². The summed E-state index contributed by atoms with van der Waals surface area (Å²) in [5.74, 6) is -0.104. The Morgan fingerprint density at radius 3 is 2.84 bits per heavy atom. The molecule has 0 saturated heterocycles. The maximum atomic E-state index is 12.3. The van der Waals surface area contributed by atoms with E-state index >= 15 is 0 Å². The highest BCUT2D eigenvalue weighted by molar-refractivity contribution is 5.97. The van der Waals surface area contributed by atoms with Gasteiger partial charge in [0.1, 0.15) is 0 Å². The highest BCUT2D eigenvalue weighted by atomic mass is 16.1. The van der Waals surface area contributed by atoms with Gasteiger partial charge >= 0.3 is 0 Å². The second-order valence-electron chi connectivity index (χ2n) is 5.76. The molecular formula is C20H16N4O. The number of carbonyl (C=O) groups is 1. The Kier molecular flexibility index (Phi) is 3.96. The summed E-state index contributed by atoms with van der Waals surface area (Å²) in [6.07, 6.45) is 7.15. The van der Waals surface area contributed by atoms with E-state index in [1.807, 2.05) is 54.7 Å². The van der Waals surface area contributed by atoms with Gasteiger partial charge in [-0.25, -0.2) is 0 Å². The summed E-state index contributed by atoms with van der Waals surface area (Å²) in [5.41, 5.74) is 4.37. The van der Waals surface area contributed by atoms with E-state index in [0.29, 0.717) is 12.1 Å². The molecule has 0 aliphatic carbocycles. The van der Waals surface area contributed by atoms with Crippen LogP contribution in [0.4, 0.5) is 0 Å². The Morgan fingerprint density at radius 1 is 1.08 bits per heavy atom. The van der Waals surface area contributed by atoms with Gasteiger partial charge in [0.2, 0.25) is 0 Å². The molecule has 25 heavy (non-hydrogen) atoms. The molecule has 0 saturated carbocycles. The van der Waals surface area contributed by atoms with Crippen LogP contribution < -0.4 is 5.32 Å². The van der Waals surface area contributed by atoms with Gasteiger partial charge < -0.3 is 10.3 Å². The van der Waals surface area contributed by atoms with Crippen molar-refractivity contribution in [1.82, 2.24) is 20.3 Å². The molecule has 0 aliphatic rings. The van der Waals surface area contributed by atoms with Crippen molar-refractivity contribution in [2.24, 2.45) is 0 Å². The highest BCUT2D eigenvalue weighted by Gasteiger charge is 2.07. The number of rotatable bonds is 4. The minimum Gasteiger partial charge on any atom is -0.361 e. The lowest BCUT2D eigenvalue weighted by Crippen LogP contribution is -2.22. The molecule has 0 atom stereocenters. The molecule has 0 fully saturated rings. The molecule has 5 heteroatoms. The van der Waals surface area contributed by atoms with Gasteiger partial charge in [-0.1, -0.05) is 12.1 Å². The molecule has 5 nitrogen and oxygen atoms in total. The van der Waals surface area contributed by atoms with Gasteiger partial charge in [0.05, 0.1) is 5.69 Å². The van der Waals surface area contributed by atoms with E-state index in [0.717, 1.165) is 27.7 Å². The van der Waals surface area contributed by atoms with E-state index in [1.54, 1.807) is 18.6 Å². The van der Waals surface area contributed by atoms with Crippen LogP contribution in [0, 0.1) is 0 Å². The zero-order valence-electron chi connectivity index (χ0n) is 13.4. The predicted octanol–water partition coefficient (Wildman–Crippen LogP) is 3.55. The smallest absolute Gasteiger partial charge is 0.251 e. The maximum Gasteiger partial charge on any atom is 0.251 e. The van der Waals surface area contributed by atoms with E-state index in [4.69, 9.17) is 0 Å². The van der Waals surface area contributed by atoms with Crippen molar-refractivity contribution in [3.8, 4) is 11.3 Å². The van der Waals surface area contributed by atoms with Gasteiger partial charge in [0.15, 0.2) is 0 Å². The summed E-state index contributed by atoms with van der Waals surface area (Å²) < 4.78 is 0. The monoisotopic (exact) mass is 328 g/mol. The minimum absolute atomic E-state index is 0.104. The largest absolute Gasteiger partial charge is 0.361 e. The van der Waals surface area contributed by atoms with Crippen molar-refractivity contribution in [2.75, 3.05) is 0 Å². The number of H-pyrrole nitrogens is 1. The Bertz CT molecular complexity index is 1010. The molecule has 0 unspecified atom stereocenters. The molecule has 4 aromatic rings. The number of aromatic amines is 1. The molecule has 1 aromatic carbocycles. The fourth-order valence-electron chi connectivity index (χ4n) is 2.69. The summed E-state index contributed by atoms with van der Waals surface area (Å²) in [4.78, 5) is 24.0. The molecular weight excluding hydrogens is 312 g/mol. The number of carbonyl (C=O) groups excluding carboxylic acids is 1. The summed E-state index contributed by atoms with van der Waals surface area (Å²) >= 11 is 0. The summed E-state index contributed by atoms with van der Waals surface area (Å²) in [7, 11) is 0. The van der Waals surface area contributed by atoms with Crippen LogP contribution in [0.2, 0.25) is 0 Å². The fourth-order valence-corrected chi connectivity index (χ4v) is 2.69. The van der Waals surface area contributed by atoms with Crippen molar-refractivity contribution in [2.45, 2.75) is 6.54 Å². The highest BCUT2D eigenvalue weighted by Crippen LogP contribution is 2.16. The summed E-state index contributed by atoms with van der Waals surface area (Å²) in [5, 5.41) is 4.02. The number of hydrogen-bond acceptors (Lipinski definition) is 3. The lowest BCUT2D eigenvalue weighted by molar-refractivity contribution is 0.0951. The normalized spacial score (nSPS) is 10.7. The van der Waals surface area contributed by atoms with Crippen molar-refractivity contribution >= 4 is 16.8 Å². The molecule has 4 rings (SSSR count). The molecule has 1 amide bonds. The van der Waals surface area contributed by atoms with Crippen molar-refractivity contribution in [3.63, 3.8) is 0 Å². The fraction of sp³-hybridized carbons (Fsp3) is 0.0500. The number of fused-ring (bicyclic) bond motifs is 1. The van der Waals surface area contributed by atoms with E-state index in [2.05, 4.69) is 20.3 Å². The standard InChI is InChI=1S/C20H16N4O/c25-20(16-5-4-15-7-9-22-19(15)10-16)24-12-14-3-6-18(23-11-14)17-2-1-8-21-13-17/h1-11,13,22H,12H2,(H,24,25). The van der Waals surface area contributed by atoms with Crippen LogP contribution in [0.3, 0.4) is 0 Å². The number of amides is 1. The average Bonchev–Trinajstić information content (AvgIpc) is 3.15. The Hall–Kier alpha value is -3.47. The quantitative estimate of drug-likeness (QED) is 0.602. The first-order valence-corrected chi connectivity index (χ1v) is 8.00. The van der Waals surface area contributed by atoms with Gasteiger partial charge in [-0.15, -0.1) is 0 Å². The molecule has 0 bridgehead atoms. The number of aromatic nitrogens is 3. The third kappa shape index (κ3) is 3.26. The third-order valence-electron chi connectivity index (χ3n) is 4.05. The lowest BCUT2D eigenvalue weighted by Gasteiger charge is -2.06. The topological polar surface area (TPSA) is 70.7 Å². The van der Waals surface area contributed by atoms with Gasteiger partial charge in [0, 0.05) is 48.0 Å². The van der Waals surface area contributed by atoms with Gasteiger partial charge in [-0.05, 0) is 47.3 Å². The predicted molar refractivity (Wildman–Crippen MR) is 96.9 cm³/mol. The summed E-state index contributed by atoms with van der Waals surface area (Å²) in [6, 6.07) is 15.3.